The fourth-order valence-corrected chi connectivity index (χ4v) is 1.90. The zero-order chi connectivity index (χ0) is 13.0. The van der Waals surface area contributed by atoms with Gasteiger partial charge in [0, 0.05) is 0 Å². The molecule has 2 aromatic carbocycles. The molecule has 0 unspecified atom stereocenters. The van der Waals surface area contributed by atoms with Crippen LogP contribution in [0.4, 0.5) is 0 Å². The number of hydrogen-bond donors (Lipinski definition) is 0. The third-order valence-electron chi connectivity index (χ3n) is 2.85. The van der Waals surface area contributed by atoms with Gasteiger partial charge in [0.1, 0.15) is 0 Å². The molecule has 2 rings (SSSR count). The maximum Gasteiger partial charge on any atom is 0.338 e. The van der Waals surface area contributed by atoms with E-state index in [1.807, 2.05) is 24.3 Å². The molecule has 2 heteroatoms. The van der Waals surface area contributed by atoms with Crippen molar-refractivity contribution in [3.05, 3.63) is 59.7 Å². The monoisotopic (exact) mass is 240 g/mol. The Balaban J connectivity index is 2.28. The third-order valence-corrected chi connectivity index (χ3v) is 2.85. The van der Waals surface area contributed by atoms with E-state index >= 15 is 0 Å². The van der Waals surface area contributed by atoms with E-state index in [1.54, 1.807) is 19.1 Å². The lowest BCUT2D eigenvalue weighted by molar-refractivity contribution is 0.0526. The molecule has 0 heterocycles. The quantitative estimate of drug-likeness (QED) is 0.762. The van der Waals surface area contributed by atoms with Gasteiger partial charge in [-0.2, -0.15) is 0 Å². The van der Waals surface area contributed by atoms with Crippen molar-refractivity contribution in [3.8, 4) is 11.1 Å². The first-order valence-electron chi connectivity index (χ1n) is 6.05. The van der Waals surface area contributed by atoms with Crippen LogP contribution in [0, 0.1) is 6.92 Å². The van der Waals surface area contributed by atoms with Crippen LogP contribution in [-0.4, -0.2) is 12.6 Å². The summed E-state index contributed by atoms with van der Waals surface area (Å²) in [5, 5.41) is 0. The minimum absolute atomic E-state index is 0.270. The van der Waals surface area contributed by atoms with Crippen LogP contribution in [0.25, 0.3) is 11.1 Å². The van der Waals surface area contributed by atoms with Gasteiger partial charge in [-0.25, -0.2) is 4.79 Å². The Bertz CT molecular complexity index is 541. The van der Waals surface area contributed by atoms with Crippen molar-refractivity contribution in [1.82, 2.24) is 0 Å². The van der Waals surface area contributed by atoms with Gasteiger partial charge in [-0.15, -0.1) is 0 Å². The minimum Gasteiger partial charge on any atom is -0.462 e. The number of rotatable bonds is 3. The summed E-state index contributed by atoms with van der Waals surface area (Å²) < 4.78 is 4.96. The van der Waals surface area contributed by atoms with Crippen LogP contribution in [0.1, 0.15) is 22.8 Å². The van der Waals surface area contributed by atoms with Crippen LogP contribution >= 0.6 is 0 Å². The van der Waals surface area contributed by atoms with Gasteiger partial charge >= 0.3 is 5.97 Å². The second-order valence-corrected chi connectivity index (χ2v) is 4.11. The Labute approximate surface area is 107 Å². The Morgan fingerprint density at radius 2 is 1.72 bits per heavy atom. The Morgan fingerprint density at radius 1 is 1.06 bits per heavy atom. The van der Waals surface area contributed by atoms with Crippen LogP contribution in [0.2, 0.25) is 0 Å². The smallest absolute Gasteiger partial charge is 0.338 e. The summed E-state index contributed by atoms with van der Waals surface area (Å²) in [7, 11) is 0. The van der Waals surface area contributed by atoms with Crippen molar-refractivity contribution in [2.24, 2.45) is 0 Å². The Morgan fingerprint density at radius 3 is 2.33 bits per heavy atom. The van der Waals surface area contributed by atoms with Gasteiger partial charge in [-0.1, -0.05) is 36.4 Å². The summed E-state index contributed by atoms with van der Waals surface area (Å²) in [6.07, 6.45) is 0. The predicted molar refractivity (Wildman–Crippen MR) is 72.6 cm³/mol. The zero-order valence-corrected chi connectivity index (χ0v) is 10.6. The normalized spacial score (nSPS) is 10.1. The van der Waals surface area contributed by atoms with Gasteiger partial charge in [0.05, 0.1) is 12.2 Å². The summed E-state index contributed by atoms with van der Waals surface area (Å²) in [4.78, 5) is 11.5. The van der Waals surface area contributed by atoms with E-state index in [9.17, 15) is 4.79 Å². The highest BCUT2D eigenvalue weighted by Gasteiger charge is 2.06. The maximum absolute atomic E-state index is 11.5. The first kappa shape index (κ1) is 12.4. The van der Waals surface area contributed by atoms with Crippen LogP contribution in [0.15, 0.2) is 48.5 Å². The molecule has 0 aliphatic carbocycles. The van der Waals surface area contributed by atoms with Crippen LogP contribution in [-0.2, 0) is 4.74 Å². The summed E-state index contributed by atoms with van der Waals surface area (Å²) >= 11 is 0. The van der Waals surface area contributed by atoms with E-state index in [4.69, 9.17) is 4.74 Å². The largest absolute Gasteiger partial charge is 0.462 e. The second kappa shape index (κ2) is 5.50. The van der Waals surface area contributed by atoms with Gasteiger partial charge in [0.15, 0.2) is 0 Å². The van der Waals surface area contributed by atoms with E-state index in [0.29, 0.717) is 12.2 Å². The highest BCUT2D eigenvalue weighted by Crippen LogP contribution is 2.23. The van der Waals surface area contributed by atoms with E-state index in [1.165, 1.54) is 11.1 Å². The first-order valence-corrected chi connectivity index (χ1v) is 6.05. The van der Waals surface area contributed by atoms with Crippen molar-refractivity contribution < 1.29 is 9.53 Å². The molecule has 0 aromatic heterocycles. The molecular weight excluding hydrogens is 224 g/mol. The molecule has 2 aromatic rings. The highest BCUT2D eigenvalue weighted by atomic mass is 16.5. The average molecular weight is 240 g/mol. The number of carbonyl (C=O) groups excluding carboxylic acids is 1. The molecule has 0 saturated carbocycles. The second-order valence-electron chi connectivity index (χ2n) is 4.11. The molecule has 0 radical (unpaired) electrons. The molecule has 0 spiro atoms. The molecule has 0 N–H and O–H groups in total. The lowest BCUT2D eigenvalue weighted by Crippen LogP contribution is -2.04. The molecule has 0 fully saturated rings. The van der Waals surface area contributed by atoms with Crippen molar-refractivity contribution in [2.45, 2.75) is 13.8 Å². The van der Waals surface area contributed by atoms with Gasteiger partial charge < -0.3 is 4.74 Å². The molecule has 0 bridgehead atoms. The fourth-order valence-electron chi connectivity index (χ4n) is 1.90. The lowest BCUT2D eigenvalue weighted by atomic mass is 10.00. The minimum atomic E-state index is -0.270. The number of ether oxygens (including phenoxy) is 1. The fraction of sp³-hybridized carbons (Fsp3) is 0.188. The van der Waals surface area contributed by atoms with Gasteiger partial charge in [-0.3, -0.25) is 0 Å². The Hall–Kier alpha value is -2.09. The first-order chi connectivity index (χ1) is 8.72. The van der Waals surface area contributed by atoms with E-state index in [0.717, 1.165) is 5.56 Å². The molecule has 0 amide bonds. The number of hydrogen-bond acceptors (Lipinski definition) is 2. The molecule has 0 atom stereocenters. The van der Waals surface area contributed by atoms with E-state index in [2.05, 4.69) is 19.1 Å². The lowest BCUT2D eigenvalue weighted by Gasteiger charge is -2.07. The number of esters is 1. The van der Waals surface area contributed by atoms with Crippen molar-refractivity contribution >= 4 is 5.97 Å². The molecule has 18 heavy (non-hydrogen) atoms. The molecule has 0 saturated heterocycles. The summed E-state index contributed by atoms with van der Waals surface area (Å²) in [5.74, 6) is -0.270. The SMILES string of the molecule is CCOC(=O)c1ccc(-c2ccccc2C)cc1. The number of carbonyl (C=O) groups is 1. The van der Waals surface area contributed by atoms with Gasteiger partial charge in [0.25, 0.3) is 0 Å². The van der Waals surface area contributed by atoms with E-state index < -0.39 is 0 Å². The topological polar surface area (TPSA) is 26.3 Å². The predicted octanol–water partition coefficient (Wildman–Crippen LogP) is 3.84. The average Bonchev–Trinajstić information content (AvgIpc) is 2.40. The van der Waals surface area contributed by atoms with Crippen LogP contribution in [0.3, 0.4) is 0 Å². The third kappa shape index (κ3) is 2.59. The zero-order valence-electron chi connectivity index (χ0n) is 10.6. The number of aryl methyl sites for hydroxylation is 1. The molecule has 0 aliphatic rings. The summed E-state index contributed by atoms with van der Waals surface area (Å²) in [5.41, 5.74) is 4.12. The summed E-state index contributed by atoms with van der Waals surface area (Å²) in [6, 6.07) is 15.7. The van der Waals surface area contributed by atoms with Crippen molar-refractivity contribution in [2.75, 3.05) is 6.61 Å². The van der Waals surface area contributed by atoms with Crippen LogP contribution < -0.4 is 0 Å². The van der Waals surface area contributed by atoms with E-state index in [-0.39, 0.29) is 5.97 Å². The van der Waals surface area contributed by atoms with Gasteiger partial charge in [-0.05, 0) is 42.7 Å². The molecule has 0 aliphatic heterocycles. The maximum atomic E-state index is 11.5. The Kier molecular flexibility index (Phi) is 3.78. The van der Waals surface area contributed by atoms with Crippen molar-refractivity contribution in [1.29, 1.82) is 0 Å². The standard InChI is InChI=1S/C16H16O2/c1-3-18-16(17)14-10-8-13(9-11-14)15-7-5-4-6-12(15)2/h4-11H,3H2,1-2H3. The van der Waals surface area contributed by atoms with Gasteiger partial charge in [0.2, 0.25) is 0 Å². The van der Waals surface area contributed by atoms with Crippen molar-refractivity contribution in [3.63, 3.8) is 0 Å². The molecular formula is C16H16O2. The summed E-state index contributed by atoms with van der Waals surface area (Å²) in [6.45, 7) is 4.28. The van der Waals surface area contributed by atoms with Crippen LogP contribution in [0.5, 0.6) is 0 Å². The number of benzene rings is 2. The highest BCUT2D eigenvalue weighted by molar-refractivity contribution is 5.90. The molecule has 92 valence electrons. The molecule has 2 nitrogen and oxygen atoms in total.